The molecule has 0 spiro atoms. The molecule has 4 nitrogen and oxygen atoms in total. The van der Waals surface area contributed by atoms with Gasteiger partial charge in [0.15, 0.2) is 6.61 Å². The Labute approximate surface area is 123 Å². The van der Waals surface area contributed by atoms with Gasteiger partial charge in [0.2, 0.25) is 0 Å². The van der Waals surface area contributed by atoms with Gasteiger partial charge in [0.1, 0.15) is 11.8 Å². The Balaban J connectivity index is 1.79. The molecule has 2 rings (SSSR count). The molecule has 0 radical (unpaired) electrons. The molecule has 0 aliphatic carbocycles. The summed E-state index contributed by atoms with van der Waals surface area (Å²) in [6.45, 7) is 2.79. The van der Waals surface area contributed by atoms with Crippen LogP contribution in [0.1, 0.15) is 25.3 Å². The van der Waals surface area contributed by atoms with Crippen molar-refractivity contribution in [2.45, 2.75) is 24.5 Å². The van der Waals surface area contributed by atoms with Crippen molar-refractivity contribution in [3.8, 4) is 11.8 Å². The van der Waals surface area contributed by atoms with Gasteiger partial charge in [0.05, 0.1) is 5.56 Å². The number of para-hydroxylation sites is 1. The number of nitriles is 1. The molecule has 1 aromatic rings. The summed E-state index contributed by atoms with van der Waals surface area (Å²) in [5.74, 6) is 1.47. The Morgan fingerprint density at radius 3 is 3.05 bits per heavy atom. The van der Waals surface area contributed by atoms with Crippen LogP contribution >= 0.6 is 11.8 Å². The minimum Gasteiger partial charge on any atom is -0.482 e. The van der Waals surface area contributed by atoms with E-state index in [1.165, 1.54) is 12.2 Å². The summed E-state index contributed by atoms with van der Waals surface area (Å²) in [4.78, 5) is 11.8. The van der Waals surface area contributed by atoms with Crippen LogP contribution in [0.3, 0.4) is 0 Å². The van der Waals surface area contributed by atoms with E-state index < -0.39 is 0 Å². The summed E-state index contributed by atoms with van der Waals surface area (Å²) >= 11 is 1.91. The summed E-state index contributed by atoms with van der Waals surface area (Å²) in [7, 11) is 0. The van der Waals surface area contributed by atoms with Gasteiger partial charge < -0.3 is 10.1 Å². The van der Waals surface area contributed by atoms with Crippen molar-refractivity contribution >= 4 is 17.7 Å². The van der Waals surface area contributed by atoms with E-state index in [1.807, 2.05) is 17.8 Å². The van der Waals surface area contributed by atoms with E-state index in [0.717, 1.165) is 6.42 Å². The van der Waals surface area contributed by atoms with Crippen LogP contribution in [-0.4, -0.2) is 29.6 Å². The molecule has 1 fully saturated rings. The zero-order chi connectivity index (χ0) is 14.4. The molecule has 1 amide bonds. The molecule has 1 aliphatic rings. The molecule has 0 aromatic heterocycles. The fraction of sp³-hybridized carbons (Fsp3) is 0.467. The van der Waals surface area contributed by atoms with E-state index >= 15 is 0 Å². The molecule has 0 bridgehead atoms. The number of carbonyl (C=O) groups is 1. The van der Waals surface area contributed by atoms with Gasteiger partial charge in [-0.25, -0.2) is 0 Å². The first kappa shape index (κ1) is 14.7. The first-order valence-electron chi connectivity index (χ1n) is 6.65. The zero-order valence-corrected chi connectivity index (χ0v) is 12.3. The molecule has 1 atom stereocenters. The molecule has 1 aliphatic heterocycles. The maximum Gasteiger partial charge on any atom is 0.257 e. The quantitative estimate of drug-likeness (QED) is 0.904. The largest absolute Gasteiger partial charge is 0.482 e. The average molecular weight is 290 g/mol. The molecule has 1 saturated heterocycles. The maximum absolute atomic E-state index is 11.8. The van der Waals surface area contributed by atoms with Gasteiger partial charge in [0.25, 0.3) is 5.91 Å². The lowest BCUT2D eigenvalue weighted by Crippen LogP contribution is -2.39. The topological polar surface area (TPSA) is 62.1 Å². The van der Waals surface area contributed by atoms with E-state index in [2.05, 4.69) is 12.2 Å². The highest BCUT2D eigenvalue weighted by Gasteiger charge is 2.29. The third-order valence-electron chi connectivity index (χ3n) is 3.33. The Morgan fingerprint density at radius 2 is 2.35 bits per heavy atom. The van der Waals surface area contributed by atoms with Crippen molar-refractivity contribution < 1.29 is 9.53 Å². The third-order valence-corrected chi connectivity index (χ3v) is 4.86. The lowest BCUT2D eigenvalue weighted by atomic mass is 10.1. The van der Waals surface area contributed by atoms with Crippen molar-refractivity contribution in [1.29, 1.82) is 5.26 Å². The van der Waals surface area contributed by atoms with Gasteiger partial charge in [-0.1, -0.05) is 12.1 Å². The molecule has 1 N–H and O–H groups in total. The van der Waals surface area contributed by atoms with E-state index in [-0.39, 0.29) is 17.3 Å². The molecule has 1 unspecified atom stereocenters. The third kappa shape index (κ3) is 3.91. The predicted molar refractivity (Wildman–Crippen MR) is 79.8 cm³/mol. The van der Waals surface area contributed by atoms with E-state index in [0.29, 0.717) is 17.9 Å². The predicted octanol–water partition coefficient (Wildman–Crippen LogP) is 2.34. The second-order valence-corrected chi connectivity index (χ2v) is 6.76. The van der Waals surface area contributed by atoms with Gasteiger partial charge in [-0.2, -0.15) is 17.0 Å². The summed E-state index contributed by atoms with van der Waals surface area (Å²) in [6.07, 6.45) is 2.35. The smallest absolute Gasteiger partial charge is 0.257 e. The number of hydrogen-bond donors (Lipinski definition) is 1. The molecular weight excluding hydrogens is 272 g/mol. The summed E-state index contributed by atoms with van der Waals surface area (Å²) in [6, 6.07) is 8.96. The standard InChI is InChI=1S/C15H18N2O2S/c1-15(7-4-8-20-15)11-17-14(18)10-19-13-6-3-2-5-12(13)9-16/h2-3,5-6H,4,7-8,10-11H2,1H3,(H,17,18). The average Bonchev–Trinajstić information content (AvgIpc) is 2.90. The summed E-state index contributed by atoms with van der Waals surface area (Å²) in [5, 5.41) is 11.8. The molecule has 106 valence electrons. The Kier molecular flexibility index (Phi) is 4.91. The van der Waals surface area contributed by atoms with Crippen LogP contribution in [0.15, 0.2) is 24.3 Å². The number of rotatable bonds is 5. The van der Waals surface area contributed by atoms with Crippen molar-refractivity contribution in [2.24, 2.45) is 0 Å². The van der Waals surface area contributed by atoms with E-state index in [9.17, 15) is 4.79 Å². The molecule has 0 saturated carbocycles. The first-order chi connectivity index (χ1) is 9.63. The minimum absolute atomic E-state index is 0.0561. The molecule has 5 heteroatoms. The van der Waals surface area contributed by atoms with Crippen LogP contribution in [0.5, 0.6) is 5.75 Å². The fourth-order valence-electron chi connectivity index (χ4n) is 2.14. The van der Waals surface area contributed by atoms with Gasteiger partial charge in [-0.3, -0.25) is 4.79 Å². The summed E-state index contributed by atoms with van der Waals surface area (Å²) < 4.78 is 5.55. The number of nitrogens with zero attached hydrogens (tertiary/aromatic N) is 1. The fourth-order valence-corrected chi connectivity index (χ4v) is 3.39. The number of nitrogens with one attached hydrogen (secondary N) is 1. The Hall–Kier alpha value is -1.67. The van der Waals surface area contributed by atoms with Crippen LogP contribution in [0, 0.1) is 11.3 Å². The van der Waals surface area contributed by atoms with Gasteiger partial charge in [0, 0.05) is 11.3 Å². The second-order valence-electron chi connectivity index (χ2n) is 5.08. The van der Waals surface area contributed by atoms with Gasteiger partial charge >= 0.3 is 0 Å². The van der Waals surface area contributed by atoms with Gasteiger partial charge in [-0.15, -0.1) is 0 Å². The van der Waals surface area contributed by atoms with Crippen molar-refractivity contribution in [3.05, 3.63) is 29.8 Å². The lowest BCUT2D eigenvalue weighted by molar-refractivity contribution is -0.123. The first-order valence-corrected chi connectivity index (χ1v) is 7.64. The van der Waals surface area contributed by atoms with Gasteiger partial charge in [-0.05, 0) is 37.7 Å². The highest BCUT2D eigenvalue weighted by atomic mass is 32.2. The second kappa shape index (κ2) is 6.67. The SMILES string of the molecule is CC1(CNC(=O)COc2ccccc2C#N)CCCS1. The van der Waals surface area contributed by atoms with Crippen molar-refractivity contribution in [3.63, 3.8) is 0 Å². The summed E-state index contributed by atoms with van der Waals surface area (Å²) in [5.41, 5.74) is 0.443. The highest BCUT2D eigenvalue weighted by molar-refractivity contribution is 8.00. The van der Waals surface area contributed by atoms with Crippen LogP contribution in [0.25, 0.3) is 0 Å². The number of thioether (sulfide) groups is 1. The normalized spacial score (nSPS) is 21.2. The molecule has 20 heavy (non-hydrogen) atoms. The van der Waals surface area contributed by atoms with Crippen LogP contribution < -0.4 is 10.1 Å². The van der Waals surface area contributed by atoms with Crippen molar-refractivity contribution in [2.75, 3.05) is 18.9 Å². The Morgan fingerprint density at radius 1 is 1.55 bits per heavy atom. The van der Waals surface area contributed by atoms with E-state index in [1.54, 1.807) is 24.3 Å². The Bertz CT molecular complexity index is 519. The van der Waals surface area contributed by atoms with Crippen LogP contribution in [-0.2, 0) is 4.79 Å². The number of benzene rings is 1. The number of hydrogen-bond acceptors (Lipinski definition) is 4. The highest BCUT2D eigenvalue weighted by Crippen LogP contribution is 2.36. The zero-order valence-electron chi connectivity index (χ0n) is 11.5. The lowest BCUT2D eigenvalue weighted by Gasteiger charge is -2.22. The molecule has 1 heterocycles. The number of carbonyl (C=O) groups excluding carboxylic acids is 1. The minimum atomic E-state index is -0.147. The van der Waals surface area contributed by atoms with Crippen LogP contribution in [0.4, 0.5) is 0 Å². The monoisotopic (exact) mass is 290 g/mol. The van der Waals surface area contributed by atoms with E-state index in [4.69, 9.17) is 10.00 Å². The molecular formula is C15H18N2O2S. The maximum atomic E-state index is 11.8. The number of ether oxygens (including phenoxy) is 1. The number of amides is 1. The van der Waals surface area contributed by atoms with Crippen molar-refractivity contribution in [1.82, 2.24) is 5.32 Å². The molecule has 1 aromatic carbocycles. The van der Waals surface area contributed by atoms with Crippen LogP contribution in [0.2, 0.25) is 0 Å².